The lowest BCUT2D eigenvalue weighted by Crippen LogP contribution is -2.35. The highest BCUT2D eigenvalue weighted by Gasteiger charge is 2.20. The molecule has 0 spiro atoms. The van der Waals surface area contributed by atoms with Crippen molar-refractivity contribution in [3.63, 3.8) is 0 Å². The number of ketones is 1. The van der Waals surface area contributed by atoms with Crippen LogP contribution in [0.4, 0.5) is 23.3 Å². The number of piperidine rings is 1. The Morgan fingerprint density at radius 2 is 1.92 bits per heavy atom. The van der Waals surface area contributed by atoms with E-state index < -0.39 is 0 Å². The van der Waals surface area contributed by atoms with Crippen molar-refractivity contribution in [2.45, 2.75) is 26.2 Å². The van der Waals surface area contributed by atoms with Crippen LogP contribution in [0.15, 0.2) is 73.1 Å². The van der Waals surface area contributed by atoms with E-state index in [0.29, 0.717) is 41.3 Å². The largest absolute Gasteiger partial charge is 0.324 e. The fourth-order valence-electron chi connectivity index (χ4n) is 4.72. The molecule has 0 aliphatic carbocycles. The molecule has 1 aromatic carbocycles. The standard InChI is InChI=1S/C29H29N9O/c1-19-5-2-7-23(32-19)27-36-28(24-8-4-16-38(24)37-27)34-26-13-15-31-29(35-26)33-22-11-9-20(10-12-22)17-25(39)21-6-3-14-30-18-21/h2,4-5,7-13,15-16,21,30H,3,6,14,17-18H2,1H3,(H2,31,33,34,35,36,37). The van der Waals surface area contributed by atoms with Crippen molar-refractivity contribution in [2.75, 3.05) is 23.7 Å². The quantitative estimate of drug-likeness (QED) is 0.272. The Morgan fingerprint density at radius 1 is 1.03 bits per heavy atom. The molecule has 0 bridgehead atoms. The van der Waals surface area contributed by atoms with Crippen molar-refractivity contribution >= 4 is 34.6 Å². The number of aryl methyl sites for hydroxylation is 1. The smallest absolute Gasteiger partial charge is 0.229 e. The molecule has 1 aliphatic rings. The Balaban J connectivity index is 1.17. The Hall–Kier alpha value is -4.70. The van der Waals surface area contributed by atoms with E-state index in [-0.39, 0.29) is 5.92 Å². The first-order valence-corrected chi connectivity index (χ1v) is 13.1. The average molecular weight is 520 g/mol. The zero-order valence-electron chi connectivity index (χ0n) is 21.6. The molecular formula is C29H29N9O. The van der Waals surface area contributed by atoms with Gasteiger partial charge in [0.2, 0.25) is 11.8 Å². The molecule has 1 unspecified atom stereocenters. The highest BCUT2D eigenvalue weighted by atomic mass is 16.1. The number of hydrogen-bond donors (Lipinski definition) is 3. The van der Waals surface area contributed by atoms with Crippen molar-refractivity contribution in [1.29, 1.82) is 0 Å². The van der Waals surface area contributed by atoms with Crippen LogP contribution in [0.3, 0.4) is 0 Å². The molecule has 1 saturated heterocycles. The topological polar surface area (TPSA) is 122 Å². The minimum Gasteiger partial charge on any atom is -0.324 e. The van der Waals surface area contributed by atoms with Gasteiger partial charge in [0.15, 0.2) is 5.82 Å². The molecule has 39 heavy (non-hydrogen) atoms. The number of rotatable bonds is 8. The maximum atomic E-state index is 12.6. The van der Waals surface area contributed by atoms with Crippen molar-refractivity contribution in [1.82, 2.24) is 34.9 Å². The molecule has 0 saturated carbocycles. The summed E-state index contributed by atoms with van der Waals surface area (Å²) in [7, 11) is 0. The molecule has 196 valence electrons. The van der Waals surface area contributed by atoms with Gasteiger partial charge in [-0.3, -0.25) is 4.79 Å². The zero-order chi connectivity index (χ0) is 26.6. The van der Waals surface area contributed by atoms with Gasteiger partial charge in [0.25, 0.3) is 0 Å². The zero-order valence-corrected chi connectivity index (χ0v) is 21.6. The van der Waals surface area contributed by atoms with Crippen LogP contribution in [0.5, 0.6) is 0 Å². The first kappa shape index (κ1) is 24.6. The van der Waals surface area contributed by atoms with Crippen LogP contribution < -0.4 is 16.0 Å². The monoisotopic (exact) mass is 519 g/mol. The molecule has 1 aliphatic heterocycles. The van der Waals surface area contributed by atoms with Gasteiger partial charge in [0, 0.05) is 42.7 Å². The number of hydrogen-bond acceptors (Lipinski definition) is 9. The molecule has 0 amide bonds. The minimum atomic E-state index is 0.118. The van der Waals surface area contributed by atoms with Crippen LogP contribution in [0, 0.1) is 12.8 Å². The average Bonchev–Trinajstić information content (AvgIpc) is 3.44. The molecule has 10 heteroatoms. The van der Waals surface area contributed by atoms with Gasteiger partial charge in [-0.1, -0.05) is 18.2 Å². The van der Waals surface area contributed by atoms with Gasteiger partial charge in [0.05, 0.1) is 0 Å². The van der Waals surface area contributed by atoms with Crippen molar-refractivity contribution in [3.05, 3.63) is 84.3 Å². The van der Waals surface area contributed by atoms with Crippen molar-refractivity contribution in [2.24, 2.45) is 5.92 Å². The first-order valence-electron chi connectivity index (χ1n) is 13.1. The van der Waals surface area contributed by atoms with Crippen molar-refractivity contribution < 1.29 is 4.79 Å². The van der Waals surface area contributed by atoms with Gasteiger partial charge in [-0.25, -0.2) is 19.5 Å². The second kappa shape index (κ2) is 11.0. The summed E-state index contributed by atoms with van der Waals surface area (Å²) in [5, 5.41) is 14.5. The molecular weight excluding hydrogens is 490 g/mol. The predicted molar refractivity (Wildman–Crippen MR) is 150 cm³/mol. The minimum absolute atomic E-state index is 0.118. The van der Waals surface area contributed by atoms with E-state index >= 15 is 0 Å². The summed E-state index contributed by atoms with van der Waals surface area (Å²) < 4.78 is 1.77. The summed E-state index contributed by atoms with van der Waals surface area (Å²) in [5.41, 5.74) is 4.25. The van der Waals surface area contributed by atoms with Gasteiger partial charge in [-0.05, 0) is 74.3 Å². The molecule has 10 nitrogen and oxygen atoms in total. The van der Waals surface area contributed by atoms with Crippen LogP contribution in [-0.4, -0.2) is 48.4 Å². The second-order valence-electron chi connectivity index (χ2n) is 9.69. The number of nitrogens with zero attached hydrogens (tertiary/aromatic N) is 6. The van der Waals surface area contributed by atoms with Gasteiger partial charge >= 0.3 is 0 Å². The summed E-state index contributed by atoms with van der Waals surface area (Å²) >= 11 is 0. The van der Waals surface area contributed by atoms with E-state index in [1.807, 2.05) is 67.7 Å². The molecule has 5 aromatic rings. The number of anilines is 4. The van der Waals surface area contributed by atoms with E-state index in [9.17, 15) is 4.79 Å². The molecule has 6 rings (SSSR count). The summed E-state index contributed by atoms with van der Waals surface area (Å²) in [6.07, 6.45) is 6.05. The second-order valence-corrected chi connectivity index (χ2v) is 9.69. The third kappa shape index (κ3) is 5.75. The number of fused-ring (bicyclic) bond motifs is 1. The normalized spacial score (nSPS) is 15.3. The summed E-state index contributed by atoms with van der Waals surface area (Å²) in [5.74, 6) is 2.56. The van der Waals surface area contributed by atoms with Crippen LogP contribution in [0.25, 0.3) is 17.0 Å². The molecule has 0 radical (unpaired) electrons. The summed E-state index contributed by atoms with van der Waals surface area (Å²) in [6.45, 7) is 3.73. The highest BCUT2D eigenvalue weighted by molar-refractivity contribution is 5.83. The number of nitrogens with one attached hydrogen (secondary N) is 3. The maximum absolute atomic E-state index is 12.6. The van der Waals surface area contributed by atoms with E-state index in [4.69, 9.17) is 4.98 Å². The highest BCUT2D eigenvalue weighted by Crippen LogP contribution is 2.24. The van der Waals surface area contributed by atoms with Crippen LogP contribution in [-0.2, 0) is 11.2 Å². The van der Waals surface area contributed by atoms with Crippen LogP contribution in [0.2, 0.25) is 0 Å². The first-order chi connectivity index (χ1) is 19.1. The molecule has 1 fully saturated rings. The number of Topliss-reactive ketones (excluding diaryl/α,β-unsaturated/α-hetero) is 1. The van der Waals surface area contributed by atoms with Gasteiger partial charge in [-0.15, -0.1) is 5.10 Å². The SMILES string of the molecule is Cc1cccc(-c2nc(Nc3ccnc(Nc4ccc(CC(=O)C5CCCNC5)cc4)n3)c3cccn3n2)n1. The molecule has 5 heterocycles. The van der Waals surface area contributed by atoms with Gasteiger partial charge in [0.1, 0.15) is 22.8 Å². The lowest BCUT2D eigenvalue weighted by atomic mass is 9.91. The Labute approximate surface area is 226 Å². The number of benzene rings is 1. The number of carbonyl (C=O) groups is 1. The predicted octanol–water partition coefficient (Wildman–Crippen LogP) is 4.49. The summed E-state index contributed by atoms with van der Waals surface area (Å²) in [6, 6.07) is 19.2. The van der Waals surface area contributed by atoms with Crippen LogP contribution >= 0.6 is 0 Å². The fraction of sp³-hybridized carbons (Fsp3) is 0.241. The molecule has 3 N–H and O–H groups in total. The van der Waals surface area contributed by atoms with Gasteiger partial charge < -0.3 is 16.0 Å². The fourth-order valence-corrected chi connectivity index (χ4v) is 4.72. The Kier molecular flexibility index (Phi) is 6.92. The number of pyridine rings is 1. The lowest BCUT2D eigenvalue weighted by Gasteiger charge is -2.21. The van der Waals surface area contributed by atoms with E-state index in [2.05, 4.69) is 36.0 Å². The third-order valence-corrected chi connectivity index (χ3v) is 6.75. The number of aromatic nitrogens is 6. The van der Waals surface area contributed by atoms with E-state index in [0.717, 1.165) is 48.4 Å². The molecule has 4 aromatic heterocycles. The van der Waals surface area contributed by atoms with Crippen molar-refractivity contribution in [3.8, 4) is 11.5 Å². The Bertz CT molecular complexity index is 1610. The van der Waals surface area contributed by atoms with E-state index in [1.165, 1.54) is 0 Å². The summed E-state index contributed by atoms with van der Waals surface area (Å²) in [4.78, 5) is 30.9. The maximum Gasteiger partial charge on any atom is 0.229 e. The third-order valence-electron chi connectivity index (χ3n) is 6.75. The van der Waals surface area contributed by atoms with E-state index in [1.54, 1.807) is 16.8 Å². The Morgan fingerprint density at radius 3 is 2.74 bits per heavy atom. The lowest BCUT2D eigenvalue weighted by molar-refractivity contribution is -0.122. The number of carbonyl (C=O) groups excluding carboxylic acids is 1. The molecule has 1 atom stereocenters. The van der Waals surface area contributed by atoms with Gasteiger partial charge in [-0.2, -0.15) is 4.98 Å². The van der Waals surface area contributed by atoms with Crippen LogP contribution in [0.1, 0.15) is 24.1 Å².